The normalized spacial score (nSPS) is 18.2. The number of rotatable bonds is 3. The molecule has 1 fully saturated rings. The number of hydrogen-bond acceptors (Lipinski definition) is 5. The van der Waals surface area contributed by atoms with Crippen molar-refractivity contribution in [2.45, 2.75) is 51.0 Å². The van der Waals surface area contributed by atoms with Crippen molar-refractivity contribution < 1.29 is 8.42 Å². The van der Waals surface area contributed by atoms with Crippen molar-refractivity contribution in [3.8, 4) is 0 Å². The average molecular weight is 328 g/mol. The quantitative estimate of drug-likeness (QED) is 0.866. The SMILES string of the molecule is CCc1nc2sc(C)nn2c1S(=O)(=O)N1CCCCCC1. The fourth-order valence-corrected chi connectivity index (χ4v) is 5.40. The fraction of sp³-hybridized carbons (Fsp3) is 0.692. The first-order chi connectivity index (χ1) is 10.0. The van der Waals surface area contributed by atoms with Crippen LogP contribution in [0.2, 0.25) is 0 Å². The molecule has 0 unspecified atom stereocenters. The van der Waals surface area contributed by atoms with Crippen molar-refractivity contribution in [3.63, 3.8) is 0 Å². The summed E-state index contributed by atoms with van der Waals surface area (Å²) >= 11 is 1.43. The summed E-state index contributed by atoms with van der Waals surface area (Å²) in [7, 11) is -3.52. The zero-order valence-corrected chi connectivity index (χ0v) is 14.0. The molecule has 0 saturated carbocycles. The van der Waals surface area contributed by atoms with E-state index in [0.29, 0.717) is 30.2 Å². The second-order valence-corrected chi connectivity index (χ2v) is 8.36. The Kier molecular flexibility index (Phi) is 4.02. The fourth-order valence-electron chi connectivity index (χ4n) is 2.76. The van der Waals surface area contributed by atoms with Crippen molar-refractivity contribution in [2.75, 3.05) is 13.1 Å². The molecule has 1 saturated heterocycles. The van der Waals surface area contributed by atoms with Gasteiger partial charge in [-0.05, 0) is 26.2 Å². The Morgan fingerprint density at radius 1 is 1.19 bits per heavy atom. The summed E-state index contributed by atoms with van der Waals surface area (Å²) in [5.74, 6) is 0. The molecule has 0 spiro atoms. The van der Waals surface area contributed by atoms with Gasteiger partial charge in [-0.15, -0.1) is 0 Å². The molecule has 0 aromatic carbocycles. The summed E-state index contributed by atoms with van der Waals surface area (Å²) in [5.41, 5.74) is 0.623. The molecule has 116 valence electrons. The first-order valence-corrected chi connectivity index (χ1v) is 9.65. The Balaban J connectivity index is 2.12. The molecule has 0 aliphatic carbocycles. The topological polar surface area (TPSA) is 67.6 Å². The lowest BCUT2D eigenvalue weighted by Crippen LogP contribution is -2.33. The number of aryl methyl sites for hydroxylation is 2. The standard InChI is InChI=1S/C13H20N4O2S2/c1-3-11-12(17-13(14-11)20-10(2)15-17)21(18,19)16-8-6-4-5-7-9-16/h3-9H2,1-2H3. The van der Waals surface area contributed by atoms with Gasteiger partial charge in [-0.3, -0.25) is 0 Å². The second-order valence-electron chi connectivity index (χ2n) is 5.35. The molecule has 0 radical (unpaired) electrons. The van der Waals surface area contributed by atoms with Crippen molar-refractivity contribution >= 4 is 26.3 Å². The van der Waals surface area contributed by atoms with E-state index in [1.807, 2.05) is 13.8 Å². The molecule has 0 bridgehead atoms. The Hall–Kier alpha value is -0.990. The highest BCUT2D eigenvalue weighted by Crippen LogP contribution is 2.26. The molecule has 6 nitrogen and oxygen atoms in total. The van der Waals surface area contributed by atoms with Crippen LogP contribution in [0.3, 0.4) is 0 Å². The van der Waals surface area contributed by atoms with Crippen LogP contribution in [-0.2, 0) is 16.4 Å². The third-order valence-electron chi connectivity index (χ3n) is 3.82. The van der Waals surface area contributed by atoms with Gasteiger partial charge in [0, 0.05) is 13.1 Å². The van der Waals surface area contributed by atoms with Gasteiger partial charge in [0.05, 0.1) is 5.69 Å². The minimum absolute atomic E-state index is 0.270. The highest BCUT2D eigenvalue weighted by molar-refractivity contribution is 7.89. The molecule has 1 aliphatic rings. The van der Waals surface area contributed by atoms with Crippen molar-refractivity contribution in [2.24, 2.45) is 0 Å². The van der Waals surface area contributed by atoms with Crippen LogP contribution in [0, 0.1) is 6.92 Å². The van der Waals surface area contributed by atoms with Gasteiger partial charge in [0.2, 0.25) is 4.96 Å². The van der Waals surface area contributed by atoms with Crippen LogP contribution in [0.1, 0.15) is 43.3 Å². The lowest BCUT2D eigenvalue weighted by atomic mass is 10.2. The molecule has 3 rings (SSSR count). The third-order valence-corrected chi connectivity index (χ3v) is 6.58. The van der Waals surface area contributed by atoms with Crippen LogP contribution in [0.15, 0.2) is 5.03 Å². The van der Waals surface area contributed by atoms with Gasteiger partial charge in [0.15, 0.2) is 5.03 Å². The van der Waals surface area contributed by atoms with Gasteiger partial charge in [-0.1, -0.05) is 31.1 Å². The van der Waals surface area contributed by atoms with Crippen LogP contribution in [0.5, 0.6) is 0 Å². The van der Waals surface area contributed by atoms with E-state index in [0.717, 1.165) is 30.7 Å². The van der Waals surface area contributed by atoms with Crippen LogP contribution in [0.4, 0.5) is 0 Å². The minimum atomic E-state index is -3.52. The van der Waals surface area contributed by atoms with E-state index in [9.17, 15) is 8.42 Å². The molecule has 1 aliphatic heterocycles. The van der Waals surface area contributed by atoms with E-state index in [4.69, 9.17) is 0 Å². The van der Waals surface area contributed by atoms with E-state index in [-0.39, 0.29) is 5.03 Å². The lowest BCUT2D eigenvalue weighted by Gasteiger charge is -2.19. The number of fused-ring (bicyclic) bond motifs is 1. The van der Waals surface area contributed by atoms with Gasteiger partial charge >= 0.3 is 0 Å². The molecular weight excluding hydrogens is 308 g/mol. The maximum absolute atomic E-state index is 13.0. The van der Waals surface area contributed by atoms with Crippen LogP contribution in [0.25, 0.3) is 4.96 Å². The first-order valence-electron chi connectivity index (χ1n) is 7.39. The third kappa shape index (κ3) is 2.60. The zero-order valence-electron chi connectivity index (χ0n) is 12.4. The second kappa shape index (κ2) is 5.66. The smallest absolute Gasteiger partial charge is 0.221 e. The number of nitrogens with zero attached hydrogens (tertiary/aromatic N) is 4. The van der Waals surface area contributed by atoms with Gasteiger partial charge < -0.3 is 0 Å². The van der Waals surface area contributed by atoms with Gasteiger partial charge in [0.1, 0.15) is 5.01 Å². The van der Waals surface area contributed by atoms with Crippen molar-refractivity contribution in [3.05, 3.63) is 10.7 Å². The summed E-state index contributed by atoms with van der Waals surface area (Å²) in [6, 6.07) is 0. The molecule has 8 heteroatoms. The summed E-state index contributed by atoms with van der Waals surface area (Å²) < 4.78 is 29.2. The molecule has 2 aromatic heterocycles. The summed E-state index contributed by atoms with van der Waals surface area (Å²) in [6.45, 7) is 5.00. The molecule has 0 atom stereocenters. The Morgan fingerprint density at radius 2 is 1.86 bits per heavy atom. The highest BCUT2D eigenvalue weighted by atomic mass is 32.2. The minimum Gasteiger partial charge on any atom is -0.221 e. The number of sulfonamides is 1. The average Bonchev–Trinajstić information content (AvgIpc) is 2.82. The Morgan fingerprint density at radius 3 is 2.48 bits per heavy atom. The molecule has 0 N–H and O–H groups in total. The summed E-state index contributed by atoms with van der Waals surface area (Å²) in [6.07, 6.45) is 4.66. The number of hydrogen-bond donors (Lipinski definition) is 0. The van der Waals surface area contributed by atoms with Crippen LogP contribution in [-0.4, -0.2) is 40.4 Å². The summed E-state index contributed by atoms with van der Waals surface area (Å²) in [4.78, 5) is 5.11. The van der Waals surface area contributed by atoms with Gasteiger partial charge in [-0.2, -0.15) is 13.9 Å². The number of aromatic nitrogens is 3. The molecule has 3 heterocycles. The van der Waals surface area contributed by atoms with Crippen molar-refractivity contribution in [1.82, 2.24) is 18.9 Å². The molecular formula is C13H20N4O2S2. The van der Waals surface area contributed by atoms with E-state index in [1.165, 1.54) is 15.9 Å². The Labute approximate surface area is 128 Å². The van der Waals surface area contributed by atoms with E-state index in [1.54, 1.807) is 4.31 Å². The monoisotopic (exact) mass is 328 g/mol. The van der Waals surface area contributed by atoms with Crippen molar-refractivity contribution in [1.29, 1.82) is 0 Å². The summed E-state index contributed by atoms with van der Waals surface area (Å²) in [5, 5.41) is 5.43. The zero-order chi connectivity index (χ0) is 15.0. The molecule has 2 aromatic rings. The van der Waals surface area contributed by atoms with Crippen LogP contribution < -0.4 is 0 Å². The van der Waals surface area contributed by atoms with Gasteiger partial charge in [0.25, 0.3) is 10.0 Å². The predicted molar refractivity (Wildman–Crippen MR) is 82.2 cm³/mol. The first kappa shape index (κ1) is 14.9. The van der Waals surface area contributed by atoms with E-state index < -0.39 is 10.0 Å². The van der Waals surface area contributed by atoms with E-state index >= 15 is 0 Å². The molecule has 0 amide bonds. The largest absolute Gasteiger partial charge is 0.262 e. The number of imidazole rings is 1. The van der Waals surface area contributed by atoms with E-state index in [2.05, 4.69) is 10.1 Å². The van der Waals surface area contributed by atoms with Gasteiger partial charge in [-0.25, -0.2) is 13.4 Å². The molecule has 21 heavy (non-hydrogen) atoms. The predicted octanol–water partition coefficient (Wildman–Crippen LogP) is 2.23. The maximum atomic E-state index is 13.0. The van der Waals surface area contributed by atoms with Crippen LogP contribution >= 0.6 is 11.3 Å². The lowest BCUT2D eigenvalue weighted by molar-refractivity contribution is 0.419. The Bertz CT molecular complexity index is 740. The maximum Gasteiger partial charge on any atom is 0.262 e. The highest BCUT2D eigenvalue weighted by Gasteiger charge is 2.32.